The van der Waals surface area contributed by atoms with Crippen molar-refractivity contribution >= 4 is 17.8 Å². The fourth-order valence-electron chi connectivity index (χ4n) is 4.24. The van der Waals surface area contributed by atoms with E-state index < -0.39 is 17.9 Å². The Hall–Kier alpha value is -4.33. The number of hydrogen-bond acceptors (Lipinski definition) is 4. The third-order valence-corrected chi connectivity index (χ3v) is 5.97. The molecule has 0 unspecified atom stereocenters. The number of rotatable bonds is 13. The van der Waals surface area contributed by atoms with Gasteiger partial charge in [-0.3, -0.25) is 9.79 Å². The topological polar surface area (TPSA) is 131 Å². The number of benzene rings is 3. The highest BCUT2D eigenvalue weighted by atomic mass is 16.5. The largest absolute Gasteiger partial charge is 0.494 e. The predicted octanol–water partition coefficient (Wildman–Crippen LogP) is 3.75. The lowest BCUT2D eigenvalue weighted by molar-refractivity contribution is -0.151. The third kappa shape index (κ3) is 7.83. The molecule has 3 aromatic rings. The van der Waals surface area contributed by atoms with Crippen molar-refractivity contribution < 1.29 is 19.4 Å². The van der Waals surface area contributed by atoms with Gasteiger partial charge in [0, 0.05) is 13.1 Å². The Morgan fingerprint density at radius 1 is 0.919 bits per heavy atom. The highest BCUT2D eigenvalue weighted by molar-refractivity contribution is 5.90. The summed E-state index contributed by atoms with van der Waals surface area (Å²) in [5, 5.41) is 10.2. The summed E-state index contributed by atoms with van der Waals surface area (Å²) in [6, 6.07) is 25.1. The van der Waals surface area contributed by atoms with Crippen LogP contribution >= 0.6 is 0 Å². The maximum Gasteiger partial charge on any atom is 0.326 e. The van der Waals surface area contributed by atoms with Crippen LogP contribution in [-0.2, 0) is 16.1 Å². The van der Waals surface area contributed by atoms with Crippen molar-refractivity contribution in [1.29, 1.82) is 0 Å². The van der Waals surface area contributed by atoms with E-state index in [2.05, 4.69) is 4.99 Å². The van der Waals surface area contributed by atoms with E-state index in [-0.39, 0.29) is 31.4 Å². The van der Waals surface area contributed by atoms with Gasteiger partial charge >= 0.3 is 5.97 Å². The van der Waals surface area contributed by atoms with E-state index in [0.717, 1.165) is 16.7 Å². The van der Waals surface area contributed by atoms with Crippen LogP contribution in [-0.4, -0.2) is 47.0 Å². The molecule has 0 bridgehead atoms. The van der Waals surface area contributed by atoms with Crippen LogP contribution < -0.4 is 16.2 Å². The van der Waals surface area contributed by atoms with Crippen LogP contribution in [0.5, 0.6) is 5.75 Å². The maximum absolute atomic E-state index is 14.3. The van der Waals surface area contributed by atoms with Crippen molar-refractivity contribution in [1.82, 2.24) is 4.90 Å². The molecule has 194 valence electrons. The maximum atomic E-state index is 14.3. The summed E-state index contributed by atoms with van der Waals surface area (Å²) in [7, 11) is 0. The van der Waals surface area contributed by atoms with Gasteiger partial charge in [0.05, 0.1) is 12.5 Å². The number of nitrogens with zero attached hydrogens (tertiary/aromatic N) is 2. The Kier molecular flexibility index (Phi) is 10.1. The zero-order valence-corrected chi connectivity index (χ0v) is 21.0. The monoisotopic (exact) mass is 502 g/mol. The predicted molar refractivity (Wildman–Crippen MR) is 144 cm³/mol. The van der Waals surface area contributed by atoms with Crippen LogP contribution in [0, 0.1) is 0 Å². The van der Waals surface area contributed by atoms with Crippen LogP contribution in [0.1, 0.15) is 42.4 Å². The van der Waals surface area contributed by atoms with Gasteiger partial charge in [-0.05, 0) is 48.6 Å². The number of carboxylic acid groups (broad SMARTS) is 1. The Morgan fingerprint density at radius 3 is 1.97 bits per heavy atom. The van der Waals surface area contributed by atoms with Crippen LogP contribution in [0.3, 0.4) is 0 Å². The lowest BCUT2D eigenvalue weighted by Crippen LogP contribution is -2.47. The summed E-state index contributed by atoms with van der Waals surface area (Å²) < 4.78 is 5.53. The van der Waals surface area contributed by atoms with E-state index >= 15 is 0 Å². The molecule has 8 heteroatoms. The van der Waals surface area contributed by atoms with Crippen molar-refractivity contribution in [3.05, 3.63) is 102 Å². The zero-order valence-electron chi connectivity index (χ0n) is 21.0. The molecule has 0 aromatic heterocycles. The third-order valence-electron chi connectivity index (χ3n) is 5.97. The Balaban J connectivity index is 2.00. The molecule has 5 N–H and O–H groups in total. The first kappa shape index (κ1) is 27.3. The fourth-order valence-corrected chi connectivity index (χ4v) is 4.24. The number of carbonyl (C=O) groups excluding carboxylic acids is 1. The molecule has 0 saturated carbocycles. The minimum absolute atomic E-state index is 0.0533. The molecule has 0 aliphatic carbocycles. The molecule has 1 amide bonds. The Labute approximate surface area is 217 Å². The van der Waals surface area contributed by atoms with Gasteiger partial charge in [-0.1, -0.05) is 72.8 Å². The standard InChI is InChI=1S/C29H34N4O4/c1-2-37-24-17-15-21(16-18-24)20-33(25(28(35)36)14-9-19-32-29(30)31)27(34)26(22-10-5-3-6-11-22)23-12-7-4-8-13-23/h3-8,10-13,15-18,25-26H,2,9,14,19-20H2,1H3,(H,35,36)(H4,30,31,32)/t25-/m1/s1. The van der Waals surface area contributed by atoms with Gasteiger partial charge in [0.25, 0.3) is 0 Å². The average Bonchev–Trinajstić information content (AvgIpc) is 2.90. The fraction of sp³-hybridized carbons (Fsp3) is 0.276. The lowest BCUT2D eigenvalue weighted by Gasteiger charge is -2.33. The molecule has 37 heavy (non-hydrogen) atoms. The second-order valence-electron chi connectivity index (χ2n) is 8.60. The summed E-state index contributed by atoms with van der Waals surface area (Å²) in [4.78, 5) is 32.2. The summed E-state index contributed by atoms with van der Waals surface area (Å²) in [6.45, 7) is 2.84. The highest BCUT2D eigenvalue weighted by Crippen LogP contribution is 2.29. The van der Waals surface area contributed by atoms with Gasteiger partial charge in [-0.2, -0.15) is 0 Å². The zero-order chi connectivity index (χ0) is 26.6. The highest BCUT2D eigenvalue weighted by Gasteiger charge is 2.35. The van der Waals surface area contributed by atoms with Crippen molar-refractivity contribution in [2.24, 2.45) is 16.5 Å². The van der Waals surface area contributed by atoms with E-state index in [1.165, 1.54) is 4.90 Å². The van der Waals surface area contributed by atoms with E-state index in [0.29, 0.717) is 18.8 Å². The van der Waals surface area contributed by atoms with Crippen molar-refractivity contribution in [3.8, 4) is 5.75 Å². The number of carboxylic acids is 1. The molecule has 0 saturated heterocycles. The second kappa shape index (κ2) is 13.7. The normalized spacial score (nSPS) is 11.5. The molecule has 0 aliphatic rings. The molecule has 0 radical (unpaired) electrons. The SMILES string of the molecule is CCOc1ccc(CN(C(=O)C(c2ccccc2)c2ccccc2)[C@H](CCCN=C(N)N)C(=O)O)cc1. The van der Waals surface area contributed by atoms with Gasteiger partial charge in [0.1, 0.15) is 11.8 Å². The molecule has 3 rings (SSSR count). The average molecular weight is 503 g/mol. The summed E-state index contributed by atoms with van der Waals surface area (Å²) in [5.74, 6) is -1.38. The van der Waals surface area contributed by atoms with E-state index in [1.807, 2.05) is 91.9 Å². The van der Waals surface area contributed by atoms with Gasteiger partial charge in [-0.25, -0.2) is 4.79 Å². The first-order chi connectivity index (χ1) is 17.9. The first-order valence-electron chi connectivity index (χ1n) is 12.3. The van der Waals surface area contributed by atoms with Crippen LogP contribution in [0.4, 0.5) is 0 Å². The van der Waals surface area contributed by atoms with Gasteiger partial charge in [0.2, 0.25) is 5.91 Å². The molecule has 1 atom stereocenters. The molecular weight excluding hydrogens is 468 g/mol. The molecule has 0 heterocycles. The molecule has 0 spiro atoms. The summed E-state index contributed by atoms with van der Waals surface area (Å²) >= 11 is 0. The number of hydrogen-bond donors (Lipinski definition) is 3. The van der Waals surface area contributed by atoms with Gasteiger partial charge in [0.15, 0.2) is 5.96 Å². The summed E-state index contributed by atoms with van der Waals surface area (Å²) in [5.41, 5.74) is 13.2. The van der Waals surface area contributed by atoms with E-state index in [1.54, 1.807) is 0 Å². The minimum Gasteiger partial charge on any atom is -0.494 e. The molecule has 0 fully saturated rings. The number of carbonyl (C=O) groups is 2. The van der Waals surface area contributed by atoms with Crippen LogP contribution in [0.15, 0.2) is 89.9 Å². The summed E-state index contributed by atoms with van der Waals surface area (Å²) in [6.07, 6.45) is 0.606. The number of aliphatic imine (C=N–C) groups is 1. The second-order valence-corrected chi connectivity index (χ2v) is 8.60. The van der Waals surface area contributed by atoms with Gasteiger partial charge in [-0.15, -0.1) is 0 Å². The number of aliphatic carboxylic acids is 1. The van der Waals surface area contributed by atoms with Crippen LogP contribution in [0.25, 0.3) is 0 Å². The molecule has 0 aliphatic heterocycles. The van der Waals surface area contributed by atoms with E-state index in [9.17, 15) is 14.7 Å². The quantitative estimate of drug-likeness (QED) is 0.185. The first-order valence-corrected chi connectivity index (χ1v) is 12.3. The number of ether oxygens (including phenoxy) is 1. The molecule has 8 nitrogen and oxygen atoms in total. The smallest absolute Gasteiger partial charge is 0.326 e. The Morgan fingerprint density at radius 2 is 1.49 bits per heavy atom. The van der Waals surface area contributed by atoms with E-state index in [4.69, 9.17) is 16.2 Å². The molecular formula is C29H34N4O4. The van der Waals surface area contributed by atoms with Crippen LogP contribution in [0.2, 0.25) is 0 Å². The lowest BCUT2D eigenvalue weighted by atomic mass is 9.89. The molecule has 3 aromatic carbocycles. The van der Waals surface area contributed by atoms with Crippen molar-refractivity contribution in [2.45, 2.75) is 38.3 Å². The number of nitrogens with two attached hydrogens (primary N) is 2. The number of amides is 1. The Bertz CT molecular complexity index is 1120. The number of guanidine groups is 1. The minimum atomic E-state index is -1.08. The van der Waals surface area contributed by atoms with Gasteiger partial charge < -0.3 is 26.2 Å². The van der Waals surface area contributed by atoms with Crippen molar-refractivity contribution in [3.63, 3.8) is 0 Å². The van der Waals surface area contributed by atoms with Crippen molar-refractivity contribution in [2.75, 3.05) is 13.2 Å².